The molecular weight excluding hydrogens is 206 g/mol. The third kappa shape index (κ3) is 2.81. The Kier molecular flexibility index (Phi) is 3.54. The van der Waals surface area contributed by atoms with Crippen LogP contribution in [0.2, 0.25) is 0 Å². The zero-order valence-corrected chi connectivity index (χ0v) is 8.98. The van der Waals surface area contributed by atoms with Crippen molar-refractivity contribution in [2.24, 2.45) is 0 Å². The molecule has 1 atom stereocenters. The molecule has 0 amide bonds. The predicted octanol–water partition coefficient (Wildman–Crippen LogP) is 0.916. The first kappa shape index (κ1) is 11.1. The van der Waals surface area contributed by atoms with Crippen LogP contribution in [0.4, 0.5) is 0 Å². The van der Waals surface area contributed by atoms with Gasteiger partial charge in [0.15, 0.2) is 0 Å². The van der Waals surface area contributed by atoms with Gasteiger partial charge in [0.2, 0.25) is 0 Å². The van der Waals surface area contributed by atoms with E-state index in [-0.39, 0.29) is 6.04 Å². The van der Waals surface area contributed by atoms with E-state index < -0.39 is 5.97 Å². The fourth-order valence-corrected chi connectivity index (χ4v) is 1.87. The van der Waals surface area contributed by atoms with E-state index >= 15 is 0 Å². The Morgan fingerprint density at radius 3 is 3.12 bits per heavy atom. The summed E-state index contributed by atoms with van der Waals surface area (Å²) in [6, 6.07) is 7.35. The Balaban J connectivity index is 2.02. The number of carboxylic acid groups (broad SMARTS) is 1. The smallest absolute Gasteiger partial charge is 0.335 e. The van der Waals surface area contributed by atoms with Crippen LogP contribution < -0.4 is 5.32 Å². The molecule has 1 aromatic carbocycles. The molecule has 1 unspecified atom stereocenters. The van der Waals surface area contributed by atoms with Crippen molar-refractivity contribution in [1.29, 1.82) is 0 Å². The molecule has 0 aliphatic carbocycles. The molecule has 1 aromatic rings. The topological polar surface area (TPSA) is 58.6 Å². The first-order valence-corrected chi connectivity index (χ1v) is 5.39. The van der Waals surface area contributed by atoms with E-state index in [1.807, 2.05) is 6.07 Å². The Morgan fingerprint density at radius 1 is 1.56 bits per heavy atom. The number of rotatable bonds is 3. The lowest BCUT2D eigenvalue weighted by Gasteiger charge is -2.23. The molecular formula is C12H15NO3. The molecule has 0 spiro atoms. The van der Waals surface area contributed by atoms with Crippen LogP contribution in [0.1, 0.15) is 15.9 Å². The van der Waals surface area contributed by atoms with E-state index in [1.165, 1.54) is 0 Å². The summed E-state index contributed by atoms with van der Waals surface area (Å²) in [6.07, 6.45) is 0.807. The molecule has 1 saturated heterocycles. The maximum absolute atomic E-state index is 10.8. The number of morpholine rings is 1. The van der Waals surface area contributed by atoms with Gasteiger partial charge in [-0.2, -0.15) is 0 Å². The predicted molar refractivity (Wildman–Crippen MR) is 59.7 cm³/mol. The van der Waals surface area contributed by atoms with Crippen molar-refractivity contribution in [3.63, 3.8) is 0 Å². The number of nitrogens with one attached hydrogen (secondary N) is 1. The fraction of sp³-hybridized carbons (Fsp3) is 0.417. The van der Waals surface area contributed by atoms with Gasteiger partial charge in [0.05, 0.1) is 18.8 Å². The Labute approximate surface area is 94.2 Å². The number of hydrogen-bond donors (Lipinski definition) is 2. The number of benzene rings is 1. The highest BCUT2D eigenvalue weighted by Gasteiger charge is 2.14. The van der Waals surface area contributed by atoms with Gasteiger partial charge >= 0.3 is 5.97 Å². The highest BCUT2D eigenvalue weighted by Crippen LogP contribution is 2.09. The maximum Gasteiger partial charge on any atom is 0.335 e. The van der Waals surface area contributed by atoms with Gasteiger partial charge in [-0.05, 0) is 24.1 Å². The SMILES string of the molecule is O=C(O)c1cccc(CC2COCCN2)c1. The summed E-state index contributed by atoms with van der Waals surface area (Å²) in [7, 11) is 0. The number of carbonyl (C=O) groups is 1. The number of ether oxygens (including phenoxy) is 1. The third-order valence-electron chi connectivity index (χ3n) is 2.65. The minimum absolute atomic E-state index is 0.290. The van der Waals surface area contributed by atoms with Crippen molar-refractivity contribution in [2.45, 2.75) is 12.5 Å². The van der Waals surface area contributed by atoms with Crippen molar-refractivity contribution >= 4 is 5.97 Å². The molecule has 1 fully saturated rings. The van der Waals surface area contributed by atoms with Crippen molar-refractivity contribution in [3.8, 4) is 0 Å². The van der Waals surface area contributed by atoms with E-state index in [1.54, 1.807) is 18.2 Å². The van der Waals surface area contributed by atoms with Crippen LogP contribution in [0.5, 0.6) is 0 Å². The zero-order valence-electron chi connectivity index (χ0n) is 8.98. The van der Waals surface area contributed by atoms with Gasteiger partial charge in [-0.3, -0.25) is 0 Å². The fourth-order valence-electron chi connectivity index (χ4n) is 1.87. The summed E-state index contributed by atoms with van der Waals surface area (Å²) in [5.41, 5.74) is 1.37. The Morgan fingerprint density at radius 2 is 2.44 bits per heavy atom. The van der Waals surface area contributed by atoms with E-state index in [2.05, 4.69) is 5.32 Å². The lowest BCUT2D eigenvalue weighted by Crippen LogP contribution is -2.42. The van der Waals surface area contributed by atoms with Gasteiger partial charge in [0.1, 0.15) is 0 Å². The molecule has 86 valence electrons. The van der Waals surface area contributed by atoms with Gasteiger partial charge in [-0.25, -0.2) is 4.79 Å². The van der Waals surface area contributed by atoms with Crippen LogP contribution in [-0.4, -0.2) is 36.9 Å². The van der Waals surface area contributed by atoms with E-state index in [4.69, 9.17) is 9.84 Å². The zero-order chi connectivity index (χ0) is 11.4. The Hall–Kier alpha value is -1.39. The lowest BCUT2D eigenvalue weighted by atomic mass is 10.0. The average Bonchev–Trinajstić information content (AvgIpc) is 2.30. The van der Waals surface area contributed by atoms with Crippen LogP contribution in [0.3, 0.4) is 0 Å². The average molecular weight is 221 g/mol. The van der Waals surface area contributed by atoms with E-state index in [0.717, 1.165) is 25.1 Å². The molecule has 0 radical (unpaired) electrons. The molecule has 0 bridgehead atoms. The van der Waals surface area contributed by atoms with Gasteiger partial charge in [-0.15, -0.1) is 0 Å². The maximum atomic E-state index is 10.8. The van der Waals surface area contributed by atoms with Crippen molar-refractivity contribution in [1.82, 2.24) is 5.32 Å². The molecule has 0 saturated carbocycles. The van der Waals surface area contributed by atoms with Gasteiger partial charge in [-0.1, -0.05) is 12.1 Å². The number of hydrogen-bond acceptors (Lipinski definition) is 3. The second-order valence-corrected chi connectivity index (χ2v) is 3.94. The molecule has 1 heterocycles. The van der Waals surface area contributed by atoms with Crippen LogP contribution in [0, 0.1) is 0 Å². The highest BCUT2D eigenvalue weighted by atomic mass is 16.5. The minimum atomic E-state index is -0.880. The second-order valence-electron chi connectivity index (χ2n) is 3.94. The summed E-state index contributed by atoms with van der Waals surface area (Å²) in [6.45, 7) is 2.31. The van der Waals surface area contributed by atoms with Crippen molar-refractivity contribution in [2.75, 3.05) is 19.8 Å². The normalized spacial score (nSPS) is 20.6. The summed E-state index contributed by atoms with van der Waals surface area (Å²) in [5.74, 6) is -0.880. The van der Waals surface area contributed by atoms with E-state index in [9.17, 15) is 4.79 Å². The van der Waals surface area contributed by atoms with Crippen molar-refractivity contribution < 1.29 is 14.6 Å². The highest BCUT2D eigenvalue weighted by molar-refractivity contribution is 5.87. The lowest BCUT2D eigenvalue weighted by molar-refractivity contribution is 0.0696. The summed E-state index contributed by atoms with van der Waals surface area (Å²) < 4.78 is 5.35. The first-order valence-electron chi connectivity index (χ1n) is 5.39. The molecule has 2 rings (SSSR count). The van der Waals surface area contributed by atoms with Crippen molar-refractivity contribution in [3.05, 3.63) is 35.4 Å². The van der Waals surface area contributed by atoms with Crippen LogP contribution in [-0.2, 0) is 11.2 Å². The van der Waals surface area contributed by atoms with Crippen LogP contribution in [0.15, 0.2) is 24.3 Å². The monoisotopic (exact) mass is 221 g/mol. The number of aromatic carboxylic acids is 1. The largest absolute Gasteiger partial charge is 0.478 e. The van der Waals surface area contributed by atoms with E-state index in [0.29, 0.717) is 12.2 Å². The van der Waals surface area contributed by atoms with Gasteiger partial charge in [0.25, 0.3) is 0 Å². The minimum Gasteiger partial charge on any atom is -0.478 e. The van der Waals surface area contributed by atoms with Crippen LogP contribution >= 0.6 is 0 Å². The standard InChI is InChI=1S/C12H15NO3/c14-12(15)10-3-1-2-9(6-10)7-11-8-16-5-4-13-11/h1-3,6,11,13H,4-5,7-8H2,(H,14,15). The van der Waals surface area contributed by atoms with Gasteiger partial charge in [0, 0.05) is 12.6 Å². The molecule has 1 aliphatic heterocycles. The second kappa shape index (κ2) is 5.09. The molecule has 2 N–H and O–H groups in total. The van der Waals surface area contributed by atoms with Crippen LogP contribution in [0.25, 0.3) is 0 Å². The number of carboxylic acids is 1. The molecule has 16 heavy (non-hydrogen) atoms. The quantitative estimate of drug-likeness (QED) is 0.796. The summed E-state index contributed by atoms with van der Waals surface area (Å²) in [4.78, 5) is 10.8. The molecule has 1 aliphatic rings. The first-order chi connectivity index (χ1) is 7.75. The summed E-state index contributed by atoms with van der Waals surface area (Å²) in [5, 5.41) is 12.2. The molecule has 4 heteroatoms. The summed E-state index contributed by atoms with van der Waals surface area (Å²) >= 11 is 0. The van der Waals surface area contributed by atoms with Gasteiger partial charge < -0.3 is 15.2 Å². The molecule has 4 nitrogen and oxygen atoms in total. The third-order valence-corrected chi connectivity index (χ3v) is 2.65. The molecule has 0 aromatic heterocycles. The Bertz CT molecular complexity index is 372.